The van der Waals surface area contributed by atoms with Gasteiger partial charge in [0, 0.05) is 11.5 Å². The van der Waals surface area contributed by atoms with E-state index < -0.39 is 0 Å². The van der Waals surface area contributed by atoms with Crippen LogP contribution in [0.25, 0.3) is 0 Å². The minimum Gasteiger partial charge on any atom is -0.508 e. The average Bonchev–Trinajstić information content (AvgIpc) is 3.64. The number of allylic oxidation sites excluding steroid dienone is 1. The molecule has 30 heavy (non-hydrogen) atoms. The highest BCUT2D eigenvalue weighted by Crippen LogP contribution is 2.33. The van der Waals surface area contributed by atoms with Gasteiger partial charge in [-0.15, -0.1) is 0 Å². The molecule has 2 aromatic rings. The van der Waals surface area contributed by atoms with Gasteiger partial charge in [0.05, 0.1) is 25.4 Å². The fourth-order valence-electron chi connectivity index (χ4n) is 3.69. The van der Waals surface area contributed by atoms with Crippen LogP contribution in [-0.2, 0) is 19.7 Å². The van der Waals surface area contributed by atoms with Gasteiger partial charge in [-0.25, -0.2) is 4.79 Å². The summed E-state index contributed by atoms with van der Waals surface area (Å²) in [7, 11) is 0. The Labute approximate surface area is 177 Å². The molecule has 0 aliphatic carbocycles. The number of phenols is 1. The van der Waals surface area contributed by atoms with Gasteiger partial charge in [-0.3, -0.25) is 0 Å². The second kappa shape index (κ2) is 8.62. The summed E-state index contributed by atoms with van der Waals surface area (Å²) < 4.78 is 16.1. The zero-order valence-corrected chi connectivity index (χ0v) is 17.4. The van der Waals surface area contributed by atoms with E-state index in [4.69, 9.17) is 14.2 Å². The van der Waals surface area contributed by atoms with Gasteiger partial charge in [-0.05, 0) is 54.2 Å². The molecular formula is C25H28O5. The van der Waals surface area contributed by atoms with Crippen molar-refractivity contribution in [3.63, 3.8) is 0 Å². The van der Waals surface area contributed by atoms with Crippen molar-refractivity contribution in [3.8, 4) is 11.5 Å². The van der Waals surface area contributed by atoms with Gasteiger partial charge in [0.15, 0.2) is 0 Å². The lowest BCUT2D eigenvalue weighted by Crippen LogP contribution is -2.18. The van der Waals surface area contributed by atoms with Crippen LogP contribution >= 0.6 is 0 Å². The standard InChI is InChI=1S/C25H28O5/c1-25(2,18-4-8-20(26)9-5-18)19-6-10-21(11-7-19)30-24(27)12-3-17(13-22-15-28-22)14-23-16-29-23/h3-12,17,22-23,26H,13-16H2,1-2H3. The second-order valence-electron chi connectivity index (χ2n) is 8.62. The number of epoxide rings is 2. The monoisotopic (exact) mass is 408 g/mol. The summed E-state index contributed by atoms with van der Waals surface area (Å²) in [4.78, 5) is 12.3. The molecule has 5 heteroatoms. The molecule has 2 atom stereocenters. The smallest absolute Gasteiger partial charge is 0.335 e. The van der Waals surface area contributed by atoms with Gasteiger partial charge in [0.25, 0.3) is 0 Å². The fourth-order valence-corrected chi connectivity index (χ4v) is 3.69. The topological polar surface area (TPSA) is 71.6 Å². The normalized spacial score (nSPS) is 21.4. The molecule has 2 aliphatic rings. The number of rotatable bonds is 9. The molecule has 2 aliphatic heterocycles. The predicted molar refractivity (Wildman–Crippen MR) is 114 cm³/mol. The third kappa shape index (κ3) is 5.49. The van der Waals surface area contributed by atoms with E-state index >= 15 is 0 Å². The van der Waals surface area contributed by atoms with Gasteiger partial charge in [0.1, 0.15) is 11.5 Å². The molecule has 0 aromatic heterocycles. The van der Waals surface area contributed by atoms with Crippen molar-refractivity contribution in [3.05, 3.63) is 71.8 Å². The molecule has 0 spiro atoms. The Bertz CT molecular complexity index is 876. The first-order valence-electron chi connectivity index (χ1n) is 10.4. The number of aromatic hydroxyl groups is 1. The van der Waals surface area contributed by atoms with Crippen molar-refractivity contribution < 1.29 is 24.1 Å². The molecule has 0 radical (unpaired) electrons. The third-order valence-electron chi connectivity index (χ3n) is 5.82. The first-order chi connectivity index (χ1) is 14.4. The quantitative estimate of drug-likeness (QED) is 0.289. The van der Waals surface area contributed by atoms with E-state index in [9.17, 15) is 9.90 Å². The van der Waals surface area contributed by atoms with Crippen molar-refractivity contribution in [1.82, 2.24) is 0 Å². The van der Waals surface area contributed by atoms with Gasteiger partial charge in [-0.1, -0.05) is 44.2 Å². The minimum atomic E-state index is -0.376. The summed E-state index contributed by atoms with van der Waals surface area (Å²) in [6, 6.07) is 14.8. The molecule has 2 aromatic carbocycles. The van der Waals surface area contributed by atoms with E-state index in [-0.39, 0.29) is 23.1 Å². The molecular weight excluding hydrogens is 380 g/mol. The van der Waals surface area contributed by atoms with E-state index in [2.05, 4.69) is 13.8 Å². The Morgan fingerprint density at radius 2 is 1.53 bits per heavy atom. The highest BCUT2D eigenvalue weighted by Gasteiger charge is 2.31. The Morgan fingerprint density at radius 1 is 1.03 bits per heavy atom. The highest BCUT2D eigenvalue weighted by molar-refractivity contribution is 5.84. The zero-order chi connectivity index (χ0) is 21.1. The second-order valence-corrected chi connectivity index (χ2v) is 8.62. The van der Waals surface area contributed by atoms with Crippen LogP contribution in [0.15, 0.2) is 60.7 Å². The highest BCUT2D eigenvalue weighted by atomic mass is 16.6. The van der Waals surface area contributed by atoms with Gasteiger partial charge in [0.2, 0.25) is 0 Å². The maximum atomic E-state index is 12.3. The number of hydrogen-bond acceptors (Lipinski definition) is 5. The fraction of sp³-hybridized carbons (Fsp3) is 0.400. The van der Waals surface area contributed by atoms with E-state index in [1.807, 2.05) is 42.5 Å². The predicted octanol–water partition coefficient (Wildman–Crippen LogP) is 4.37. The molecule has 158 valence electrons. The summed E-state index contributed by atoms with van der Waals surface area (Å²) in [6.07, 6.45) is 5.92. The number of phenolic OH excluding ortho intramolecular Hbond substituents is 1. The van der Waals surface area contributed by atoms with Crippen LogP contribution in [0.1, 0.15) is 37.8 Å². The van der Waals surface area contributed by atoms with E-state index in [0.29, 0.717) is 18.0 Å². The Morgan fingerprint density at radius 3 is 2.03 bits per heavy atom. The summed E-state index contributed by atoms with van der Waals surface area (Å²) in [5, 5.41) is 9.52. The van der Waals surface area contributed by atoms with Crippen LogP contribution in [0.3, 0.4) is 0 Å². The molecule has 1 N–H and O–H groups in total. The van der Waals surface area contributed by atoms with Crippen molar-refractivity contribution in [2.24, 2.45) is 5.92 Å². The first-order valence-corrected chi connectivity index (χ1v) is 10.4. The number of carbonyl (C=O) groups excluding carboxylic acids is 1. The maximum Gasteiger partial charge on any atom is 0.335 e. The van der Waals surface area contributed by atoms with E-state index in [1.54, 1.807) is 12.1 Å². The molecule has 5 nitrogen and oxygen atoms in total. The van der Waals surface area contributed by atoms with E-state index in [1.165, 1.54) is 6.08 Å². The molecule has 2 heterocycles. The lowest BCUT2D eigenvalue weighted by atomic mass is 9.78. The minimum absolute atomic E-state index is 0.237. The van der Waals surface area contributed by atoms with Crippen molar-refractivity contribution in [2.45, 2.75) is 44.3 Å². The van der Waals surface area contributed by atoms with Gasteiger partial charge in [-0.2, -0.15) is 0 Å². The number of ether oxygens (including phenoxy) is 3. The van der Waals surface area contributed by atoms with Crippen LogP contribution in [-0.4, -0.2) is 36.5 Å². The Balaban J connectivity index is 1.36. The van der Waals surface area contributed by atoms with Crippen LogP contribution < -0.4 is 4.74 Å². The zero-order valence-electron chi connectivity index (χ0n) is 17.4. The van der Waals surface area contributed by atoms with Crippen LogP contribution in [0, 0.1) is 5.92 Å². The first kappa shape index (κ1) is 20.6. The van der Waals surface area contributed by atoms with Crippen LogP contribution in [0.4, 0.5) is 0 Å². The molecule has 2 saturated heterocycles. The summed E-state index contributed by atoms with van der Waals surface area (Å²) in [5.41, 5.74) is 1.95. The summed E-state index contributed by atoms with van der Waals surface area (Å²) >= 11 is 0. The van der Waals surface area contributed by atoms with Gasteiger partial charge < -0.3 is 19.3 Å². The number of esters is 1. The molecule has 2 unspecified atom stereocenters. The molecule has 0 amide bonds. The molecule has 0 bridgehead atoms. The Kier molecular flexibility index (Phi) is 5.93. The maximum absolute atomic E-state index is 12.3. The third-order valence-corrected chi connectivity index (χ3v) is 5.82. The Hall–Kier alpha value is -2.63. The SMILES string of the molecule is CC(C)(c1ccc(O)cc1)c1ccc(OC(=O)C=CC(CC2CO2)CC2CO2)cc1. The number of benzene rings is 2. The van der Waals surface area contributed by atoms with Crippen LogP contribution in [0.2, 0.25) is 0 Å². The average molecular weight is 408 g/mol. The van der Waals surface area contributed by atoms with E-state index in [0.717, 1.165) is 37.2 Å². The van der Waals surface area contributed by atoms with Crippen molar-refractivity contribution >= 4 is 5.97 Å². The van der Waals surface area contributed by atoms with Crippen molar-refractivity contribution in [2.75, 3.05) is 13.2 Å². The number of hydrogen-bond donors (Lipinski definition) is 1. The van der Waals surface area contributed by atoms with Crippen LogP contribution in [0.5, 0.6) is 11.5 Å². The summed E-state index contributed by atoms with van der Waals surface area (Å²) in [5.74, 6) is 0.661. The van der Waals surface area contributed by atoms with Gasteiger partial charge >= 0.3 is 5.97 Å². The largest absolute Gasteiger partial charge is 0.508 e. The summed E-state index contributed by atoms with van der Waals surface area (Å²) in [6.45, 7) is 5.87. The number of carbonyl (C=O) groups is 1. The van der Waals surface area contributed by atoms with Crippen molar-refractivity contribution in [1.29, 1.82) is 0 Å². The lowest BCUT2D eigenvalue weighted by Gasteiger charge is -2.26. The molecule has 4 rings (SSSR count). The molecule has 2 fully saturated rings. The lowest BCUT2D eigenvalue weighted by molar-refractivity contribution is -0.129. The molecule has 0 saturated carbocycles.